The number of aryl methyl sites for hydroxylation is 2. The summed E-state index contributed by atoms with van der Waals surface area (Å²) in [7, 11) is 0. The number of amides is 1. The van der Waals surface area contributed by atoms with Crippen molar-refractivity contribution < 1.29 is 9.53 Å². The maximum absolute atomic E-state index is 11.7. The zero-order chi connectivity index (χ0) is 17.9. The molecule has 1 heterocycles. The van der Waals surface area contributed by atoms with Gasteiger partial charge in [-0.25, -0.2) is 14.8 Å². The number of halogens is 1. The van der Waals surface area contributed by atoms with Crippen molar-refractivity contribution in [3.8, 4) is 11.3 Å². The summed E-state index contributed by atoms with van der Waals surface area (Å²) in [5.74, 6) is 0. The maximum Gasteiger partial charge on any atom is 0.407 e. The summed E-state index contributed by atoms with van der Waals surface area (Å²) in [5.41, 5.74) is 4.30. The van der Waals surface area contributed by atoms with E-state index in [1.807, 2.05) is 52.8 Å². The molecule has 2 rings (SSSR count). The third-order valence-electron chi connectivity index (χ3n) is 3.38. The van der Waals surface area contributed by atoms with Gasteiger partial charge in [0.2, 0.25) is 5.28 Å². The Kier molecular flexibility index (Phi) is 5.44. The zero-order valence-electron chi connectivity index (χ0n) is 14.6. The molecule has 0 spiro atoms. The van der Waals surface area contributed by atoms with Crippen molar-refractivity contribution in [3.05, 3.63) is 46.4 Å². The quantitative estimate of drug-likeness (QED) is 0.834. The first kappa shape index (κ1) is 18.2. The minimum Gasteiger partial charge on any atom is -0.444 e. The number of rotatable bonds is 3. The van der Waals surface area contributed by atoms with Crippen molar-refractivity contribution in [2.45, 2.75) is 46.8 Å². The lowest BCUT2D eigenvalue weighted by Gasteiger charge is -2.20. The second-order valence-corrected chi connectivity index (χ2v) is 7.01. The number of carbonyl (C=O) groups excluding carboxylic acids is 1. The Labute approximate surface area is 147 Å². The van der Waals surface area contributed by atoms with Gasteiger partial charge in [-0.1, -0.05) is 12.1 Å². The monoisotopic (exact) mass is 347 g/mol. The molecule has 5 nitrogen and oxygen atoms in total. The fourth-order valence-corrected chi connectivity index (χ4v) is 2.37. The van der Waals surface area contributed by atoms with Gasteiger partial charge in [0.1, 0.15) is 5.60 Å². The van der Waals surface area contributed by atoms with Crippen LogP contribution in [0.3, 0.4) is 0 Å². The number of benzene rings is 1. The molecule has 2 aromatic rings. The molecule has 0 fully saturated rings. The molecule has 0 saturated heterocycles. The maximum atomic E-state index is 11.7. The molecule has 0 saturated carbocycles. The normalized spacial score (nSPS) is 11.2. The van der Waals surface area contributed by atoms with E-state index in [0.717, 1.165) is 27.9 Å². The highest BCUT2D eigenvalue weighted by molar-refractivity contribution is 6.28. The van der Waals surface area contributed by atoms with Crippen molar-refractivity contribution in [1.29, 1.82) is 0 Å². The Morgan fingerprint density at radius 2 is 1.96 bits per heavy atom. The molecule has 1 aromatic carbocycles. The molecule has 0 unspecified atom stereocenters. The zero-order valence-corrected chi connectivity index (χ0v) is 15.4. The summed E-state index contributed by atoms with van der Waals surface area (Å²) in [5, 5.41) is 2.99. The van der Waals surface area contributed by atoms with Gasteiger partial charge in [0, 0.05) is 18.3 Å². The standard InChI is InChI=1S/C18H22ClN3O2/c1-11-8-13(15-12(2)9-20-16(19)22-15)6-7-14(11)10-21-17(23)24-18(3,4)5/h6-9H,10H2,1-5H3,(H,21,23). The van der Waals surface area contributed by atoms with E-state index in [0.29, 0.717) is 6.54 Å². The lowest BCUT2D eigenvalue weighted by molar-refractivity contribution is 0.0523. The Bertz CT molecular complexity index is 754. The number of hydrogen-bond donors (Lipinski definition) is 1. The Morgan fingerprint density at radius 3 is 2.58 bits per heavy atom. The smallest absolute Gasteiger partial charge is 0.407 e. The van der Waals surface area contributed by atoms with E-state index >= 15 is 0 Å². The van der Waals surface area contributed by atoms with Crippen LogP contribution in [0.4, 0.5) is 4.79 Å². The number of nitrogens with zero attached hydrogens (tertiary/aromatic N) is 2. The molecule has 1 aromatic heterocycles. The lowest BCUT2D eigenvalue weighted by Crippen LogP contribution is -2.32. The highest BCUT2D eigenvalue weighted by atomic mass is 35.5. The molecular formula is C18H22ClN3O2. The molecule has 24 heavy (non-hydrogen) atoms. The van der Waals surface area contributed by atoms with E-state index in [9.17, 15) is 4.79 Å². The first-order valence-corrected chi connectivity index (χ1v) is 8.09. The Balaban J connectivity index is 2.13. The molecular weight excluding hydrogens is 326 g/mol. The number of hydrogen-bond acceptors (Lipinski definition) is 4. The van der Waals surface area contributed by atoms with Crippen LogP contribution in [0.1, 0.15) is 37.5 Å². The van der Waals surface area contributed by atoms with Crippen molar-refractivity contribution >= 4 is 17.7 Å². The highest BCUT2D eigenvalue weighted by Crippen LogP contribution is 2.24. The third-order valence-corrected chi connectivity index (χ3v) is 3.56. The summed E-state index contributed by atoms with van der Waals surface area (Å²) in [4.78, 5) is 20.0. The molecule has 1 N–H and O–H groups in total. The second-order valence-electron chi connectivity index (χ2n) is 6.67. The Hall–Kier alpha value is -2.14. The summed E-state index contributed by atoms with van der Waals surface area (Å²) < 4.78 is 5.24. The van der Waals surface area contributed by atoms with Gasteiger partial charge in [-0.05, 0) is 69.0 Å². The average molecular weight is 348 g/mol. The lowest BCUT2D eigenvalue weighted by atomic mass is 10.0. The van der Waals surface area contributed by atoms with Crippen LogP contribution in [0.15, 0.2) is 24.4 Å². The second kappa shape index (κ2) is 7.18. The van der Waals surface area contributed by atoms with Crippen molar-refractivity contribution in [2.24, 2.45) is 0 Å². The number of nitrogens with one attached hydrogen (secondary N) is 1. The third kappa shape index (κ3) is 4.93. The molecule has 128 valence electrons. The van der Waals surface area contributed by atoms with Gasteiger partial charge >= 0.3 is 6.09 Å². The van der Waals surface area contributed by atoms with Crippen LogP contribution in [0.25, 0.3) is 11.3 Å². The van der Waals surface area contributed by atoms with E-state index in [2.05, 4.69) is 15.3 Å². The van der Waals surface area contributed by atoms with Crippen molar-refractivity contribution in [3.63, 3.8) is 0 Å². The molecule has 0 aliphatic heterocycles. The van der Waals surface area contributed by atoms with Crippen LogP contribution in [-0.4, -0.2) is 21.7 Å². The Morgan fingerprint density at radius 1 is 1.25 bits per heavy atom. The van der Waals surface area contributed by atoms with E-state index in [1.54, 1.807) is 6.20 Å². The van der Waals surface area contributed by atoms with E-state index < -0.39 is 11.7 Å². The van der Waals surface area contributed by atoms with Gasteiger partial charge in [0.05, 0.1) is 5.69 Å². The fraction of sp³-hybridized carbons (Fsp3) is 0.389. The molecule has 0 aliphatic carbocycles. The minimum atomic E-state index is -0.507. The summed E-state index contributed by atoms with van der Waals surface area (Å²) in [6.07, 6.45) is 1.28. The number of alkyl carbamates (subject to hydrolysis) is 1. The number of ether oxygens (including phenoxy) is 1. The molecule has 0 atom stereocenters. The molecule has 1 amide bonds. The van der Waals surface area contributed by atoms with Gasteiger partial charge < -0.3 is 10.1 Å². The molecule has 6 heteroatoms. The van der Waals surface area contributed by atoms with Crippen LogP contribution < -0.4 is 5.32 Å². The van der Waals surface area contributed by atoms with Gasteiger partial charge in [0.15, 0.2) is 0 Å². The topological polar surface area (TPSA) is 64.1 Å². The summed E-state index contributed by atoms with van der Waals surface area (Å²) in [6.45, 7) is 9.85. The van der Waals surface area contributed by atoms with E-state index in [4.69, 9.17) is 16.3 Å². The van der Waals surface area contributed by atoms with Gasteiger partial charge in [-0.15, -0.1) is 0 Å². The summed E-state index contributed by atoms with van der Waals surface area (Å²) in [6, 6.07) is 5.96. The highest BCUT2D eigenvalue weighted by Gasteiger charge is 2.16. The largest absolute Gasteiger partial charge is 0.444 e. The SMILES string of the molecule is Cc1cc(-c2nc(Cl)ncc2C)ccc1CNC(=O)OC(C)(C)C. The molecule has 0 aliphatic rings. The van der Waals surface area contributed by atoms with Crippen molar-refractivity contribution in [1.82, 2.24) is 15.3 Å². The number of aromatic nitrogens is 2. The average Bonchev–Trinajstić information content (AvgIpc) is 2.46. The van der Waals surface area contributed by atoms with Crippen molar-refractivity contribution in [2.75, 3.05) is 0 Å². The predicted octanol–water partition coefficient (Wildman–Crippen LogP) is 4.44. The van der Waals surface area contributed by atoms with E-state index in [-0.39, 0.29) is 5.28 Å². The first-order valence-electron chi connectivity index (χ1n) is 7.71. The number of carbonyl (C=O) groups is 1. The van der Waals surface area contributed by atoms with E-state index in [1.165, 1.54) is 0 Å². The van der Waals surface area contributed by atoms with Crippen LogP contribution in [0, 0.1) is 13.8 Å². The molecule has 0 bridgehead atoms. The van der Waals surface area contributed by atoms with Gasteiger partial charge in [-0.3, -0.25) is 0 Å². The fourth-order valence-electron chi connectivity index (χ4n) is 2.24. The van der Waals surface area contributed by atoms with Crippen LogP contribution in [0.5, 0.6) is 0 Å². The van der Waals surface area contributed by atoms with Crippen LogP contribution >= 0.6 is 11.6 Å². The van der Waals surface area contributed by atoms with Gasteiger partial charge in [0.25, 0.3) is 0 Å². The van der Waals surface area contributed by atoms with Gasteiger partial charge in [-0.2, -0.15) is 0 Å². The summed E-state index contributed by atoms with van der Waals surface area (Å²) >= 11 is 5.89. The van der Waals surface area contributed by atoms with Crippen LogP contribution in [0.2, 0.25) is 5.28 Å². The molecule has 0 radical (unpaired) electrons. The minimum absolute atomic E-state index is 0.226. The predicted molar refractivity (Wildman–Crippen MR) is 95.0 cm³/mol. The van der Waals surface area contributed by atoms with Crippen LogP contribution in [-0.2, 0) is 11.3 Å². The first-order chi connectivity index (χ1) is 11.2.